The van der Waals surface area contributed by atoms with E-state index in [2.05, 4.69) is 40.9 Å². The summed E-state index contributed by atoms with van der Waals surface area (Å²) >= 11 is 0. The van der Waals surface area contributed by atoms with Crippen molar-refractivity contribution in [3.63, 3.8) is 0 Å². The van der Waals surface area contributed by atoms with Crippen molar-refractivity contribution in [2.45, 2.75) is 6.92 Å². The zero-order valence-corrected chi connectivity index (χ0v) is 12.6. The lowest BCUT2D eigenvalue weighted by molar-refractivity contribution is 0.969. The number of hydrogen-bond acceptors (Lipinski definition) is 1. The molecule has 0 saturated heterocycles. The van der Waals surface area contributed by atoms with E-state index in [9.17, 15) is 4.79 Å². The van der Waals surface area contributed by atoms with Crippen molar-refractivity contribution < 1.29 is 0 Å². The van der Waals surface area contributed by atoms with Crippen LogP contribution >= 0.6 is 0 Å². The van der Waals surface area contributed by atoms with Gasteiger partial charge in [-0.05, 0) is 48.2 Å². The summed E-state index contributed by atoms with van der Waals surface area (Å²) in [5, 5.41) is 1.94. The molecule has 0 fully saturated rings. The van der Waals surface area contributed by atoms with Crippen molar-refractivity contribution in [2.75, 3.05) is 0 Å². The molecule has 0 aliphatic carbocycles. The lowest BCUT2D eigenvalue weighted by atomic mass is 10.0. The number of nitrogens with one attached hydrogen (secondary N) is 1. The minimum atomic E-state index is 0.0516. The Hall–Kier alpha value is -2.81. The fourth-order valence-electron chi connectivity index (χ4n) is 3.06. The van der Waals surface area contributed by atoms with Crippen LogP contribution in [0.4, 0.5) is 0 Å². The Morgan fingerprint density at radius 3 is 2.73 bits per heavy atom. The molecule has 0 aliphatic heterocycles. The van der Waals surface area contributed by atoms with Crippen LogP contribution in [0.2, 0.25) is 0 Å². The number of aromatic nitrogens is 2. The third-order valence-electron chi connectivity index (χ3n) is 4.26. The number of benzene rings is 2. The van der Waals surface area contributed by atoms with Gasteiger partial charge in [-0.2, -0.15) is 0 Å². The van der Waals surface area contributed by atoms with E-state index < -0.39 is 0 Å². The van der Waals surface area contributed by atoms with Crippen LogP contribution in [-0.4, -0.2) is 9.55 Å². The van der Waals surface area contributed by atoms with Crippen molar-refractivity contribution in [1.29, 1.82) is 0 Å². The molecule has 1 N–H and O–H groups in total. The zero-order valence-electron chi connectivity index (χ0n) is 12.6. The minimum Gasteiger partial charge on any atom is -0.354 e. The molecule has 0 bridgehead atoms. The summed E-state index contributed by atoms with van der Waals surface area (Å²) in [5.74, 6) is 0. The fraction of sp³-hybridized carbons (Fsp3) is 0.105. The molecule has 2 aromatic heterocycles. The van der Waals surface area contributed by atoms with Crippen molar-refractivity contribution >= 4 is 21.8 Å². The van der Waals surface area contributed by atoms with Gasteiger partial charge in [0.05, 0.1) is 5.69 Å². The van der Waals surface area contributed by atoms with Crippen LogP contribution in [-0.2, 0) is 7.05 Å². The Labute approximate surface area is 127 Å². The monoisotopic (exact) mass is 288 g/mol. The number of rotatable bonds is 1. The van der Waals surface area contributed by atoms with E-state index in [4.69, 9.17) is 0 Å². The molecule has 108 valence electrons. The molecule has 4 aromatic rings. The van der Waals surface area contributed by atoms with Crippen LogP contribution in [0.5, 0.6) is 0 Å². The minimum absolute atomic E-state index is 0.0516. The number of nitrogens with zero attached hydrogens (tertiary/aromatic N) is 1. The smallest absolute Gasteiger partial charge is 0.190 e. The summed E-state index contributed by atoms with van der Waals surface area (Å²) < 4.78 is 2.09. The van der Waals surface area contributed by atoms with Gasteiger partial charge in [0, 0.05) is 41.3 Å². The highest BCUT2D eigenvalue weighted by molar-refractivity contribution is 5.88. The van der Waals surface area contributed by atoms with E-state index in [-0.39, 0.29) is 5.43 Å². The summed E-state index contributed by atoms with van der Waals surface area (Å²) in [6.45, 7) is 2.08. The second kappa shape index (κ2) is 4.60. The first-order valence-corrected chi connectivity index (χ1v) is 7.31. The van der Waals surface area contributed by atoms with Gasteiger partial charge in [-0.1, -0.05) is 12.1 Å². The lowest BCUT2D eigenvalue weighted by Gasteiger charge is -2.09. The number of H-pyrrole nitrogens is 1. The highest BCUT2D eigenvalue weighted by Gasteiger charge is 2.09. The van der Waals surface area contributed by atoms with E-state index in [1.165, 1.54) is 5.39 Å². The molecular formula is C19H16N2O. The van der Waals surface area contributed by atoms with E-state index in [0.717, 1.165) is 33.2 Å². The average molecular weight is 288 g/mol. The van der Waals surface area contributed by atoms with Crippen molar-refractivity contribution in [3.05, 3.63) is 70.5 Å². The van der Waals surface area contributed by atoms with E-state index >= 15 is 0 Å². The standard InChI is InChI=1S/C19H16N2O/c1-12-9-13-7-8-21(2)18(13)10-15(12)17-11-19(22)14-5-3-4-6-16(14)20-17/h3-11H,1-2H3,(H,20,22). The van der Waals surface area contributed by atoms with Crippen LogP contribution in [0.15, 0.2) is 59.5 Å². The summed E-state index contributed by atoms with van der Waals surface area (Å²) in [6.07, 6.45) is 2.05. The van der Waals surface area contributed by atoms with Gasteiger partial charge in [0.2, 0.25) is 0 Å². The van der Waals surface area contributed by atoms with Crippen LogP contribution in [0.3, 0.4) is 0 Å². The third-order valence-corrected chi connectivity index (χ3v) is 4.26. The van der Waals surface area contributed by atoms with Gasteiger partial charge in [-0.3, -0.25) is 4.79 Å². The molecule has 3 heteroatoms. The number of aromatic amines is 1. The Kier molecular flexibility index (Phi) is 2.70. The van der Waals surface area contributed by atoms with Crippen molar-refractivity contribution in [3.8, 4) is 11.3 Å². The molecule has 0 aliphatic rings. The predicted octanol–water partition coefficient (Wildman–Crippen LogP) is 4.00. The Morgan fingerprint density at radius 1 is 1.05 bits per heavy atom. The van der Waals surface area contributed by atoms with Crippen molar-refractivity contribution in [2.24, 2.45) is 7.05 Å². The number of aryl methyl sites for hydroxylation is 2. The second-order valence-electron chi connectivity index (χ2n) is 5.75. The number of hydrogen-bond donors (Lipinski definition) is 1. The highest BCUT2D eigenvalue weighted by atomic mass is 16.1. The molecule has 0 atom stereocenters. The Morgan fingerprint density at radius 2 is 1.86 bits per heavy atom. The average Bonchev–Trinajstić information content (AvgIpc) is 2.87. The summed E-state index contributed by atoms with van der Waals surface area (Å²) in [5.41, 5.74) is 5.17. The third kappa shape index (κ3) is 1.86. The van der Waals surface area contributed by atoms with E-state index in [1.54, 1.807) is 6.07 Å². The van der Waals surface area contributed by atoms with Crippen LogP contribution in [0.1, 0.15) is 5.56 Å². The van der Waals surface area contributed by atoms with Gasteiger partial charge in [0.1, 0.15) is 0 Å². The quantitative estimate of drug-likeness (QED) is 0.565. The van der Waals surface area contributed by atoms with E-state index in [0.29, 0.717) is 0 Å². The zero-order chi connectivity index (χ0) is 15.3. The van der Waals surface area contributed by atoms with Crippen LogP contribution < -0.4 is 5.43 Å². The normalized spacial score (nSPS) is 11.4. The first-order valence-electron chi connectivity index (χ1n) is 7.31. The van der Waals surface area contributed by atoms with Gasteiger partial charge in [0.15, 0.2) is 5.43 Å². The predicted molar refractivity (Wildman–Crippen MR) is 91.2 cm³/mol. The highest BCUT2D eigenvalue weighted by Crippen LogP contribution is 2.27. The van der Waals surface area contributed by atoms with Crippen LogP contribution in [0, 0.1) is 6.92 Å². The van der Waals surface area contributed by atoms with Gasteiger partial charge in [-0.15, -0.1) is 0 Å². The largest absolute Gasteiger partial charge is 0.354 e. The molecule has 2 aromatic carbocycles. The molecule has 0 spiro atoms. The maximum atomic E-state index is 12.3. The maximum Gasteiger partial charge on any atom is 0.190 e. The topological polar surface area (TPSA) is 37.8 Å². The SMILES string of the molecule is Cc1cc2ccn(C)c2cc1-c1cc(=O)c2ccccc2[nH]1. The fourth-order valence-corrected chi connectivity index (χ4v) is 3.06. The molecule has 0 unspecified atom stereocenters. The molecule has 22 heavy (non-hydrogen) atoms. The number of fused-ring (bicyclic) bond motifs is 2. The molecule has 3 nitrogen and oxygen atoms in total. The number of pyridine rings is 1. The van der Waals surface area contributed by atoms with Gasteiger partial charge < -0.3 is 9.55 Å². The second-order valence-corrected chi connectivity index (χ2v) is 5.75. The first kappa shape index (κ1) is 12.9. The molecule has 0 radical (unpaired) electrons. The van der Waals surface area contributed by atoms with Crippen molar-refractivity contribution in [1.82, 2.24) is 9.55 Å². The molecule has 4 rings (SSSR count). The van der Waals surface area contributed by atoms with Crippen LogP contribution in [0.25, 0.3) is 33.1 Å². The Balaban J connectivity index is 2.04. The van der Waals surface area contributed by atoms with E-state index in [1.807, 2.05) is 31.3 Å². The molecule has 0 amide bonds. The summed E-state index contributed by atoms with van der Waals surface area (Å²) in [6, 6.07) is 15.7. The first-order chi connectivity index (χ1) is 10.6. The molecule has 2 heterocycles. The summed E-state index contributed by atoms with van der Waals surface area (Å²) in [7, 11) is 2.03. The van der Waals surface area contributed by atoms with Gasteiger partial charge >= 0.3 is 0 Å². The van der Waals surface area contributed by atoms with Gasteiger partial charge in [0.25, 0.3) is 0 Å². The number of para-hydroxylation sites is 1. The Bertz CT molecular complexity index is 1070. The summed E-state index contributed by atoms with van der Waals surface area (Å²) in [4.78, 5) is 15.7. The lowest BCUT2D eigenvalue weighted by Crippen LogP contribution is -2.03. The van der Waals surface area contributed by atoms with Gasteiger partial charge in [-0.25, -0.2) is 0 Å². The molecular weight excluding hydrogens is 272 g/mol. The maximum absolute atomic E-state index is 12.3. The molecule has 0 saturated carbocycles.